The molecule has 0 saturated carbocycles. The zero-order chi connectivity index (χ0) is 7.82. The van der Waals surface area contributed by atoms with Crippen LogP contribution in [0.5, 0.6) is 0 Å². The van der Waals surface area contributed by atoms with Gasteiger partial charge in [-0.15, -0.1) is 0 Å². The molecule has 0 spiro atoms. The summed E-state index contributed by atoms with van der Waals surface area (Å²) >= 11 is 0. The van der Waals surface area contributed by atoms with E-state index < -0.39 is 0 Å². The Hall–Kier alpha value is -1.17. The van der Waals surface area contributed by atoms with Gasteiger partial charge in [0, 0.05) is 4.91 Å². The summed E-state index contributed by atoms with van der Waals surface area (Å²) in [6.07, 6.45) is 0. The van der Waals surface area contributed by atoms with Crippen molar-refractivity contribution in [3.05, 3.63) is 10.4 Å². The molecule has 0 amide bonds. The fraction of sp³-hybridized carbons (Fsp3) is 0.667. The smallest absolute Gasteiger partial charge is 0.0877 e. The SMILES string of the molecule is CN(C)CC#CCN=[N+]=[N-]. The number of hydrogen-bond acceptors (Lipinski definition) is 2. The summed E-state index contributed by atoms with van der Waals surface area (Å²) in [4.78, 5) is 4.51. The molecule has 0 heterocycles. The highest BCUT2D eigenvalue weighted by Crippen LogP contribution is 1.70. The van der Waals surface area contributed by atoms with E-state index in [1.54, 1.807) is 0 Å². The molecule has 0 aromatic rings. The standard InChI is InChI=1S/C6H10N4/c1-10(2)6-4-3-5-8-9-7/h5-6H2,1-2H3. The summed E-state index contributed by atoms with van der Waals surface area (Å²) in [6.45, 7) is 0.977. The minimum atomic E-state index is 0.268. The van der Waals surface area contributed by atoms with E-state index in [4.69, 9.17) is 5.53 Å². The molecule has 0 saturated heterocycles. The Morgan fingerprint density at radius 3 is 2.70 bits per heavy atom. The quantitative estimate of drug-likeness (QED) is 0.241. The van der Waals surface area contributed by atoms with Crippen LogP contribution < -0.4 is 0 Å². The van der Waals surface area contributed by atoms with Gasteiger partial charge in [0.15, 0.2) is 0 Å². The van der Waals surface area contributed by atoms with Crippen molar-refractivity contribution in [2.24, 2.45) is 5.11 Å². The molecule has 0 N–H and O–H groups in total. The maximum Gasteiger partial charge on any atom is 0.0877 e. The van der Waals surface area contributed by atoms with Gasteiger partial charge < -0.3 is 0 Å². The second-order valence-electron chi connectivity index (χ2n) is 1.98. The highest BCUT2D eigenvalue weighted by Gasteiger charge is 1.78. The molecule has 4 heteroatoms. The first kappa shape index (κ1) is 8.83. The Labute approximate surface area is 60.5 Å². The van der Waals surface area contributed by atoms with Gasteiger partial charge in [-0.05, 0) is 19.6 Å². The van der Waals surface area contributed by atoms with Crippen LogP contribution in [0.3, 0.4) is 0 Å². The molecule has 10 heavy (non-hydrogen) atoms. The summed E-state index contributed by atoms with van der Waals surface area (Å²) in [6, 6.07) is 0. The summed E-state index contributed by atoms with van der Waals surface area (Å²) in [5, 5.41) is 3.26. The van der Waals surface area contributed by atoms with E-state index in [2.05, 4.69) is 21.9 Å². The monoisotopic (exact) mass is 138 g/mol. The number of azide groups is 1. The van der Waals surface area contributed by atoms with Gasteiger partial charge >= 0.3 is 0 Å². The Balaban J connectivity index is 3.40. The van der Waals surface area contributed by atoms with E-state index in [0.29, 0.717) is 6.54 Å². The van der Waals surface area contributed by atoms with Crippen molar-refractivity contribution in [3.63, 3.8) is 0 Å². The van der Waals surface area contributed by atoms with Crippen LogP contribution in [-0.4, -0.2) is 32.1 Å². The predicted molar refractivity (Wildman–Crippen MR) is 40.3 cm³/mol. The molecular formula is C6H10N4. The van der Waals surface area contributed by atoms with E-state index in [-0.39, 0.29) is 6.54 Å². The predicted octanol–water partition coefficient (Wildman–Crippen LogP) is 0.862. The summed E-state index contributed by atoms with van der Waals surface area (Å²) < 4.78 is 0. The van der Waals surface area contributed by atoms with Gasteiger partial charge in [-0.1, -0.05) is 17.0 Å². The van der Waals surface area contributed by atoms with Crippen molar-refractivity contribution in [1.29, 1.82) is 0 Å². The molecule has 0 unspecified atom stereocenters. The molecule has 0 bridgehead atoms. The molecule has 0 radical (unpaired) electrons. The molecule has 0 atom stereocenters. The van der Waals surface area contributed by atoms with Crippen molar-refractivity contribution >= 4 is 0 Å². The minimum Gasteiger partial charge on any atom is -0.299 e. The van der Waals surface area contributed by atoms with E-state index in [9.17, 15) is 0 Å². The fourth-order valence-corrected chi connectivity index (χ4v) is 0.337. The Morgan fingerprint density at radius 1 is 1.50 bits per heavy atom. The molecule has 0 aliphatic rings. The molecule has 0 aliphatic heterocycles. The van der Waals surface area contributed by atoms with Crippen LogP contribution in [-0.2, 0) is 0 Å². The first-order chi connectivity index (χ1) is 4.77. The third-order valence-corrected chi connectivity index (χ3v) is 0.733. The van der Waals surface area contributed by atoms with E-state index in [1.807, 2.05) is 19.0 Å². The zero-order valence-corrected chi connectivity index (χ0v) is 6.20. The molecule has 0 aromatic carbocycles. The van der Waals surface area contributed by atoms with E-state index in [0.717, 1.165) is 0 Å². The molecule has 0 aromatic heterocycles. The van der Waals surface area contributed by atoms with Gasteiger partial charge in [0.25, 0.3) is 0 Å². The Morgan fingerprint density at radius 2 is 2.20 bits per heavy atom. The molecule has 54 valence electrons. The van der Waals surface area contributed by atoms with Crippen LogP contribution in [0.4, 0.5) is 0 Å². The molecule has 4 nitrogen and oxygen atoms in total. The lowest BCUT2D eigenvalue weighted by Crippen LogP contribution is -2.10. The number of rotatable bonds is 2. The van der Waals surface area contributed by atoms with Crippen molar-refractivity contribution in [3.8, 4) is 11.8 Å². The molecule has 0 aliphatic carbocycles. The second kappa shape index (κ2) is 5.96. The number of hydrogen-bond donors (Lipinski definition) is 0. The van der Waals surface area contributed by atoms with Crippen LogP contribution >= 0.6 is 0 Å². The maximum atomic E-state index is 7.85. The molecule has 0 rings (SSSR count). The fourth-order valence-electron chi connectivity index (χ4n) is 0.337. The highest BCUT2D eigenvalue weighted by molar-refractivity contribution is 5.02. The van der Waals surface area contributed by atoms with Gasteiger partial charge in [0.1, 0.15) is 0 Å². The minimum absolute atomic E-state index is 0.268. The topological polar surface area (TPSA) is 52.0 Å². The van der Waals surface area contributed by atoms with Crippen LogP contribution in [0.2, 0.25) is 0 Å². The second-order valence-corrected chi connectivity index (χ2v) is 1.98. The Kier molecular flexibility index (Phi) is 5.26. The lowest BCUT2D eigenvalue weighted by molar-refractivity contribution is 0.464. The van der Waals surface area contributed by atoms with Crippen LogP contribution in [0.1, 0.15) is 0 Å². The van der Waals surface area contributed by atoms with Crippen molar-refractivity contribution < 1.29 is 0 Å². The lowest BCUT2D eigenvalue weighted by atomic mass is 10.5. The Bertz CT molecular complexity index is 180. The zero-order valence-electron chi connectivity index (χ0n) is 6.20. The van der Waals surface area contributed by atoms with Gasteiger partial charge in [0.2, 0.25) is 0 Å². The van der Waals surface area contributed by atoms with Gasteiger partial charge in [-0.25, -0.2) is 0 Å². The first-order valence-corrected chi connectivity index (χ1v) is 2.88. The van der Waals surface area contributed by atoms with Crippen LogP contribution in [0, 0.1) is 11.8 Å². The normalized spacial score (nSPS) is 7.90. The van der Waals surface area contributed by atoms with E-state index in [1.165, 1.54) is 0 Å². The van der Waals surface area contributed by atoms with Crippen molar-refractivity contribution in [1.82, 2.24) is 4.90 Å². The average Bonchev–Trinajstić information content (AvgIpc) is 1.87. The summed E-state index contributed by atoms with van der Waals surface area (Å²) in [5.41, 5.74) is 7.85. The first-order valence-electron chi connectivity index (χ1n) is 2.88. The maximum absolute atomic E-state index is 7.85. The van der Waals surface area contributed by atoms with Gasteiger partial charge in [-0.2, -0.15) is 0 Å². The number of nitrogens with zero attached hydrogens (tertiary/aromatic N) is 4. The van der Waals surface area contributed by atoms with Gasteiger partial charge in [0.05, 0.1) is 13.1 Å². The van der Waals surface area contributed by atoms with Crippen LogP contribution in [0.15, 0.2) is 5.11 Å². The highest BCUT2D eigenvalue weighted by atomic mass is 15.1. The van der Waals surface area contributed by atoms with Gasteiger partial charge in [-0.3, -0.25) is 4.90 Å². The third-order valence-electron chi connectivity index (χ3n) is 0.733. The third kappa shape index (κ3) is 6.83. The average molecular weight is 138 g/mol. The summed E-state index contributed by atoms with van der Waals surface area (Å²) in [5.74, 6) is 5.54. The largest absolute Gasteiger partial charge is 0.299 e. The molecule has 0 fully saturated rings. The van der Waals surface area contributed by atoms with Crippen molar-refractivity contribution in [2.45, 2.75) is 0 Å². The summed E-state index contributed by atoms with van der Waals surface area (Å²) in [7, 11) is 3.87. The van der Waals surface area contributed by atoms with E-state index >= 15 is 0 Å². The molecular weight excluding hydrogens is 128 g/mol. The lowest BCUT2D eigenvalue weighted by Gasteiger charge is -2.00. The van der Waals surface area contributed by atoms with Crippen LogP contribution in [0.25, 0.3) is 10.4 Å². The van der Waals surface area contributed by atoms with Crippen molar-refractivity contribution in [2.75, 3.05) is 27.2 Å².